The number of benzene rings is 1. The van der Waals surface area contributed by atoms with E-state index < -0.39 is 23.2 Å². The first-order valence-corrected chi connectivity index (χ1v) is 8.45. The molecule has 2 heterocycles. The Labute approximate surface area is 139 Å². The highest BCUT2D eigenvalue weighted by Gasteiger charge is 2.54. The standard InChI is InChI=1S/C18H19NO5/c20-15-12-6-1-2-7-13(12)16(21)19(15)24-17(22)18(9-5-10-18)14-8-3-4-11-23-14/h1-2,6-7,14H,3-5,8-11H2. The third kappa shape index (κ3) is 2.17. The molecule has 24 heavy (non-hydrogen) atoms. The minimum atomic E-state index is -0.713. The highest BCUT2D eigenvalue weighted by atomic mass is 16.7. The molecular formula is C18H19NO5. The Morgan fingerprint density at radius 2 is 1.75 bits per heavy atom. The molecule has 1 aromatic rings. The normalized spacial score (nSPS) is 25.2. The van der Waals surface area contributed by atoms with Crippen molar-refractivity contribution in [1.29, 1.82) is 0 Å². The van der Waals surface area contributed by atoms with E-state index in [0.717, 1.165) is 25.7 Å². The van der Waals surface area contributed by atoms with Crippen LogP contribution >= 0.6 is 0 Å². The average Bonchev–Trinajstić information content (AvgIpc) is 2.80. The van der Waals surface area contributed by atoms with Gasteiger partial charge in [-0.1, -0.05) is 23.6 Å². The third-order valence-electron chi connectivity index (χ3n) is 5.38. The van der Waals surface area contributed by atoms with E-state index in [-0.39, 0.29) is 17.2 Å². The van der Waals surface area contributed by atoms with Gasteiger partial charge in [-0.2, -0.15) is 0 Å². The average molecular weight is 329 g/mol. The number of hydrogen-bond acceptors (Lipinski definition) is 5. The van der Waals surface area contributed by atoms with Crippen LogP contribution in [0.1, 0.15) is 59.2 Å². The molecule has 6 heteroatoms. The maximum atomic E-state index is 12.8. The van der Waals surface area contributed by atoms with Crippen molar-refractivity contribution in [3.63, 3.8) is 0 Å². The van der Waals surface area contributed by atoms with Crippen molar-refractivity contribution < 1.29 is 24.0 Å². The summed E-state index contributed by atoms with van der Waals surface area (Å²) in [6.45, 7) is 0.646. The summed E-state index contributed by atoms with van der Waals surface area (Å²) >= 11 is 0. The van der Waals surface area contributed by atoms with Crippen LogP contribution in [0.2, 0.25) is 0 Å². The van der Waals surface area contributed by atoms with Gasteiger partial charge in [-0.3, -0.25) is 9.59 Å². The number of carbonyl (C=O) groups is 3. The van der Waals surface area contributed by atoms with Gasteiger partial charge in [-0.15, -0.1) is 0 Å². The van der Waals surface area contributed by atoms with Crippen LogP contribution in [0.25, 0.3) is 0 Å². The van der Waals surface area contributed by atoms with Gasteiger partial charge in [0.25, 0.3) is 11.8 Å². The Kier molecular flexibility index (Phi) is 3.64. The van der Waals surface area contributed by atoms with Crippen LogP contribution < -0.4 is 0 Å². The maximum Gasteiger partial charge on any atom is 0.341 e. The van der Waals surface area contributed by atoms with Crippen molar-refractivity contribution in [2.45, 2.75) is 44.6 Å². The molecule has 0 spiro atoms. The number of carbonyl (C=O) groups excluding carboxylic acids is 3. The third-order valence-corrected chi connectivity index (χ3v) is 5.38. The van der Waals surface area contributed by atoms with E-state index in [1.807, 2.05) is 0 Å². The lowest BCUT2D eigenvalue weighted by molar-refractivity contribution is -0.203. The summed E-state index contributed by atoms with van der Waals surface area (Å²) in [5, 5.41) is 0.607. The van der Waals surface area contributed by atoms with E-state index in [1.54, 1.807) is 24.3 Å². The van der Waals surface area contributed by atoms with Crippen LogP contribution in [0, 0.1) is 5.41 Å². The molecule has 3 aliphatic rings. The molecule has 1 unspecified atom stereocenters. The molecule has 0 N–H and O–H groups in total. The van der Waals surface area contributed by atoms with E-state index >= 15 is 0 Å². The van der Waals surface area contributed by atoms with Gasteiger partial charge < -0.3 is 9.57 Å². The summed E-state index contributed by atoms with van der Waals surface area (Å²) in [5.41, 5.74) is -0.172. The molecule has 0 bridgehead atoms. The Morgan fingerprint density at radius 1 is 1.08 bits per heavy atom. The minimum Gasteiger partial charge on any atom is -0.377 e. The largest absolute Gasteiger partial charge is 0.377 e. The second-order valence-electron chi connectivity index (χ2n) is 6.69. The van der Waals surface area contributed by atoms with Crippen LogP contribution in [0.15, 0.2) is 24.3 Å². The Balaban J connectivity index is 1.54. The molecule has 2 aliphatic heterocycles. The van der Waals surface area contributed by atoms with Crippen molar-refractivity contribution >= 4 is 17.8 Å². The molecule has 0 aromatic heterocycles. The molecule has 6 nitrogen and oxygen atoms in total. The fourth-order valence-corrected chi connectivity index (χ4v) is 3.82. The fraction of sp³-hybridized carbons (Fsp3) is 0.500. The van der Waals surface area contributed by atoms with Gasteiger partial charge in [-0.05, 0) is 44.2 Å². The van der Waals surface area contributed by atoms with E-state index in [0.29, 0.717) is 24.5 Å². The van der Waals surface area contributed by atoms with E-state index in [1.165, 1.54) is 0 Å². The summed E-state index contributed by atoms with van der Waals surface area (Å²) in [7, 11) is 0. The zero-order valence-electron chi connectivity index (χ0n) is 13.3. The summed E-state index contributed by atoms with van der Waals surface area (Å²) < 4.78 is 5.80. The van der Waals surface area contributed by atoms with Crippen molar-refractivity contribution in [1.82, 2.24) is 5.06 Å². The van der Waals surface area contributed by atoms with E-state index in [4.69, 9.17) is 9.57 Å². The molecule has 0 radical (unpaired) electrons. The monoisotopic (exact) mass is 329 g/mol. The number of imide groups is 1. The Hall–Kier alpha value is -2.21. The van der Waals surface area contributed by atoms with Gasteiger partial charge in [0.1, 0.15) is 0 Å². The van der Waals surface area contributed by atoms with Crippen molar-refractivity contribution in [3.05, 3.63) is 35.4 Å². The highest BCUT2D eigenvalue weighted by molar-refractivity contribution is 6.20. The Morgan fingerprint density at radius 3 is 2.25 bits per heavy atom. The number of hydrogen-bond donors (Lipinski definition) is 0. The van der Waals surface area contributed by atoms with Crippen LogP contribution in [0.4, 0.5) is 0 Å². The smallest absolute Gasteiger partial charge is 0.341 e. The second-order valence-corrected chi connectivity index (χ2v) is 6.69. The summed E-state index contributed by atoms with van der Waals surface area (Å²) in [4.78, 5) is 42.8. The number of hydroxylamine groups is 2. The van der Waals surface area contributed by atoms with Crippen LogP contribution in [-0.2, 0) is 14.4 Å². The van der Waals surface area contributed by atoms with Crippen LogP contribution in [-0.4, -0.2) is 35.6 Å². The molecule has 1 aliphatic carbocycles. The fourth-order valence-electron chi connectivity index (χ4n) is 3.82. The Bertz CT molecular complexity index is 668. The SMILES string of the molecule is O=C1c2ccccc2C(=O)N1OC(=O)C1(C2CCCCO2)CCC1. The first kappa shape index (κ1) is 15.3. The van der Waals surface area contributed by atoms with Crippen LogP contribution in [0.3, 0.4) is 0 Å². The highest BCUT2D eigenvalue weighted by Crippen LogP contribution is 2.49. The van der Waals surface area contributed by atoms with Gasteiger partial charge in [0.2, 0.25) is 0 Å². The number of nitrogens with zero attached hydrogens (tertiary/aromatic N) is 1. The number of rotatable bonds is 3. The molecule has 2 amide bonds. The topological polar surface area (TPSA) is 72.9 Å². The number of ether oxygens (including phenoxy) is 1. The molecule has 126 valence electrons. The lowest BCUT2D eigenvalue weighted by atomic mass is 9.63. The van der Waals surface area contributed by atoms with Gasteiger partial charge in [0, 0.05) is 6.61 Å². The van der Waals surface area contributed by atoms with Crippen molar-refractivity contribution in [2.24, 2.45) is 5.41 Å². The molecule has 1 aromatic carbocycles. The molecule has 1 saturated carbocycles. The number of amides is 2. The van der Waals surface area contributed by atoms with Gasteiger partial charge in [0.05, 0.1) is 22.6 Å². The first-order valence-electron chi connectivity index (χ1n) is 8.45. The minimum absolute atomic E-state index is 0.178. The maximum absolute atomic E-state index is 12.8. The zero-order chi connectivity index (χ0) is 16.7. The summed E-state index contributed by atoms with van der Waals surface area (Å²) in [6.07, 6.45) is 4.95. The molecule has 1 atom stereocenters. The van der Waals surface area contributed by atoms with Crippen molar-refractivity contribution in [2.75, 3.05) is 6.61 Å². The predicted octanol–water partition coefficient (Wildman–Crippen LogP) is 2.48. The summed E-state index contributed by atoms with van der Waals surface area (Å²) in [5.74, 6) is -1.68. The molecule has 2 fully saturated rings. The summed E-state index contributed by atoms with van der Waals surface area (Å²) in [6, 6.07) is 6.48. The van der Waals surface area contributed by atoms with E-state index in [2.05, 4.69) is 0 Å². The molecular weight excluding hydrogens is 310 g/mol. The predicted molar refractivity (Wildman–Crippen MR) is 82.9 cm³/mol. The molecule has 1 saturated heterocycles. The number of fused-ring (bicyclic) bond motifs is 1. The van der Waals surface area contributed by atoms with Gasteiger partial charge in [0.15, 0.2) is 0 Å². The van der Waals surface area contributed by atoms with Gasteiger partial charge >= 0.3 is 5.97 Å². The zero-order valence-corrected chi connectivity index (χ0v) is 13.3. The van der Waals surface area contributed by atoms with Crippen LogP contribution in [0.5, 0.6) is 0 Å². The van der Waals surface area contributed by atoms with Crippen molar-refractivity contribution in [3.8, 4) is 0 Å². The van der Waals surface area contributed by atoms with E-state index in [9.17, 15) is 14.4 Å². The lowest BCUT2D eigenvalue weighted by Crippen LogP contribution is -2.53. The second kappa shape index (κ2) is 5.70. The lowest BCUT2D eigenvalue weighted by Gasteiger charge is -2.46. The first-order chi connectivity index (χ1) is 11.6. The molecule has 4 rings (SSSR count). The quantitative estimate of drug-likeness (QED) is 0.797. The van der Waals surface area contributed by atoms with Gasteiger partial charge in [-0.25, -0.2) is 4.79 Å².